The molecule has 1 unspecified atom stereocenters. The van der Waals surface area contributed by atoms with Gasteiger partial charge >= 0.3 is 0 Å². The highest BCUT2D eigenvalue weighted by atomic mass is 79.9. The minimum absolute atomic E-state index is 0.168. The zero-order chi connectivity index (χ0) is 15.1. The van der Waals surface area contributed by atoms with Gasteiger partial charge in [-0.1, -0.05) is 55.9 Å². The molecule has 1 atom stereocenters. The summed E-state index contributed by atoms with van der Waals surface area (Å²) in [4.78, 5) is 12.9. The third kappa shape index (κ3) is 6.89. The molecule has 0 rings (SSSR count). The van der Waals surface area contributed by atoms with Crippen LogP contribution in [0.25, 0.3) is 0 Å². The molecule has 0 spiro atoms. The summed E-state index contributed by atoms with van der Waals surface area (Å²) in [5.74, 6) is 0. The van der Waals surface area contributed by atoms with Crippen LogP contribution in [0.3, 0.4) is 0 Å². The highest BCUT2D eigenvalue weighted by Gasteiger charge is 2.41. The highest BCUT2D eigenvalue weighted by molar-refractivity contribution is 9.09. The number of carbonyl (C=O) groups excluding carboxylic acids is 1. The first kappa shape index (κ1) is 19.1. The SMILES string of the molecule is C=CCCCC(Br)CCCC(=O)[Si](C)(C)C(C)(C)C. The fourth-order valence-electron chi connectivity index (χ4n) is 1.84. The molecule has 0 N–H and O–H groups in total. The molecule has 0 aromatic carbocycles. The van der Waals surface area contributed by atoms with Gasteiger partial charge in [-0.25, -0.2) is 0 Å². The van der Waals surface area contributed by atoms with Crippen LogP contribution in [0, 0.1) is 0 Å². The van der Waals surface area contributed by atoms with E-state index in [2.05, 4.69) is 56.4 Å². The van der Waals surface area contributed by atoms with Crippen molar-refractivity contribution in [2.75, 3.05) is 0 Å². The van der Waals surface area contributed by atoms with E-state index in [-0.39, 0.29) is 5.04 Å². The number of hydrogen-bond acceptors (Lipinski definition) is 1. The van der Waals surface area contributed by atoms with Crippen molar-refractivity contribution in [1.29, 1.82) is 0 Å². The maximum absolute atomic E-state index is 12.4. The maximum atomic E-state index is 12.4. The summed E-state index contributed by atoms with van der Waals surface area (Å²) in [6.45, 7) is 14.8. The van der Waals surface area contributed by atoms with Gasteiger partial charge in [-0.2, -0.15) is 0 Å². The third-order valence-corrected chi connectivity index (χ3v) is 10.7. The molecule has 0 heterocycles. The van der Waals surface area contributed by atoms with E-state index in [1.165, 1.54) is 12.8 Å². The first-order valence-electron chi connectivity index (χ1n) is 7.41. The lowest BCUT2D eigenvalue weighted by Crippen LogP contribution is -2.46. The van der Waals surface area contributed by atoms with Crippen molar-refractivity contribution in [3.8, 4) is 0 Å². The molecule has 0 aliphatic rings. The Morgan fingerprint density at radius 3 is 2.26 bits per heavy atom. The minimum atomic E-state index is -1.78. The Kier molecular flexibility index (Phi) is 8.45. The van der Waals surface area contributed by atoms with E-state index < -0.39 is 8.07 Å². The molecule has 19 heavy (non-hydrogen) atoms. The third-order valence-electron chi connectivity index (χ3n) is 4.42. The average Bonchev–Trinajstić information content (AvgIpc) is 2.27. The summed E-state index contributed by atoms with van der Waals surface area (Å²) in [5.41, 5.74) is 0. The van der Waals surface area contributed by atoms with Crippen LogP contribution in [0.5, 0.6) is 0 Å². The van der Waals surface area contributed by atoms with Crippen LogP contribution in [0.2, 0.25) is 18.1 Å². The Hall–Kier alpha value is 0.107. The van der Waals surface area contributed by atoms with Gasteiger partial charge in [0.15, 0.2) is 0 Å². The lowest BCUT2D eigenvalue weighted by atomic mass is 10.1. The molecule has 0 aliphatic heterocycles. The largest absolute Gasteiger partial charge is 0.305 e. The standard InChI is InChI=1S/C16H31BrOSi/c1-7-8-9-11-14(17)12-10-13-15(18)19(5,6)16(2,3)4/h7,14H,1,8-13H2,2-6H3. The van der Waals surface area contributed by atoms with Crippen LogP contribution in [-0.2, 0) is 4.79 Å². The van der Waals surface area contributed by atoms with Crippen molar-refractivity contribution in [3.63, 3.8) is 0 Å². The van der Waals surface area contributed by atoms with Crippen molar-refractivity contribution in [2.24, 2.45) is 0 Å². The summed E-state index contributed by atoms with van der Waals surface area (Å²) in [6, 6.07) is 0. The summed E-state index contributed by atoms with van der Waals surface area (Å²) in [7, 11) is -1.78. The molecule has 0 aliphatic carbocycles. The number of alkyl halides is 1. The Labute approximate surface area is 129 Å². The van der Waals surface area contributed by atoms with Gasteiger partial charge in [0.1, 0.15) is 13.5 Å². The molecule has 0 bridgehead atoms. The van der Waals surface area contributed by atoms with Crippen LogP contribution in [0.1, 0.15) is 59.3 Å². The number of allylic oxidation sites excluding steroid dienone is 1. The summed E-state index contributed by atoms with van der Waals surface area (Å²) >= 11 is 3.71. The smallest absolute Gasteiger partial charge is 0.132 e. The Bertz CT molecular complexity index is 292. The van der Waals surface area contributed by atoms with Crippen molar-refractivity contribution in [2.45, 2.75) is 82.3 Å². The van der Waals surface area contributed by atoms with Crippen LogP contribution in [0.4, 0.5) is 0 Å². The quantitative estimate of drug-likeness (QED) is 0.220. The average molecular weight is 347 g/mol. The van der Waals surface area contributed by atoms with E-state index >= 15 is 0 Å². The van der Waals surface area contributed by atoms with Crippen LogP contribution in [-0.4, -0.2) is 18.3 Å². The Balaban J connectivity index is 4.01. The Morgan fingerprint density at radius 1 is 1.26 bits per heavy atom. The van der Waals surface area contributed by atoms with E-state index in [0.29, 0.717) is 10.2 Å². The zero-order valence-corrected chi connectivity index (χ0v) is 16.0. The molecule has 1 nitrogen and oxygen atoms in total. The van der Waals surface area contributed by atoms with E-state index in [4.69, 9.17) is 0 Å². The molecule has 0 fully saturated rings. The number of hydrogen-bond donors (Lipinski definition) is 0. The van der Waals surface area contributed by atoms with Gasteiger partial charge in [-0.05, 0) is 37.1 Å². The topological polar surface area (TPSA) is 17.1 Å². The van der Waals surface area contributed by atoms with Gasteiger partial charge in [0.2, 0.25) is 0 Å². The predicted octanol–water partition coefficient (Wildman–Crippen LogP) is 5.89. The first-order chi connectivity index (χ1) is 8.63. The van der Waals surface area contributed by atoms with Crippen LogP contribution in [0.15, 0.2) is 12.7 Å². The van der Waals surface area contributed by atoms with Gasteiger partial charge in [0.05, 0.1) is 0 Å². The number of halogens is 1. The van der Waals surface area contributed by atoms with E-state index in [9.17, 15) is 4.79 Å². The number of rotatable bonds is 9. The van der Waals surface area contributed by atoms with Crippen molar-refractivity contribution >= 4 is 29.4 Å². The van der Waals surface area contributed by atoms with E-state index in [0.717, 1.165) is 25.7 Å². The second-order valence-corrected chi connectivity index (χ2v) is 13.6. The van der Waals surface area contributed by atoms with Gasteiger partial charge in [0, 0.05) is 11.2 Å². The molecule has 0 amide bonds. The minimum Gasteiger partial charge on any atom is -0.305 e. The molecular formula is C16H31BrOSi. The second kappa shape index (κ2) is 8.41. The first-order valence-corrected chi connectivity index (χ1v) is 11.3. The van der Waals surface area contributed by atoms with Gasteiger partial charge in [0.25, 0.3) is 0 Å². The number of carbonyl (C=O) groups is 1. The van der Waals surface area contributed by atoms with E-state index in [1.54, 1.807) is 0 Å². The molecule has 0 radical (unpaired) electrons. The molecule has 0 aromatic heterocycles. The fourth-order valence-corrected chi connectivity index (χ4v) is 4.13. The zero-order valence-electron chi connectivity index (χ0n) is 13.4. The van der Waals surface area contributed by atoms with Crippen LogP contribution < -0.4 is 0 Å². The molecule has 3 heteroatoms. The van der Waals surface area contributed by atoms with Gasteiger partial charge in [-0.15, -0.1) is 6.58 Å². The molecule has 0 saturated carbocycles. The normalized spacial score (nSPS) is 14.2. The monoisotopic (exact) mass is 346 g/mol. The lowest BCUT2D eigenvalue weighted by Gasteiger charge is -2.35. The van der Waals surface area contributed by atoms with Crippen molar-refractivity contribution in [3.05, 3.63) is 12.7 Å². The molecule has 0 saturated heterocycles. The van der Waals surface area contributed by atoms with Crippen LogP contribution >= 0.6 is 15.9 Å². The van der Waals surface area contributed by atoms with E-state index in [1.807, 2.05) is 6.08 Å². The van der Waals surface area contributed by atoms with Gasteiger partial charge in [-0.3, -0.25) is 0 Å². The number of unbranched alkanes of at least 4 members (excludes halogenated alkanes) is 1. The van der Waals surface area contributed by atoms with Gasteiger partial charge < -0.3 is 4.79 Å². The second-order valence-electron chi connectivity index (χ2n) is 7.01. The summed E-state index contributed by atoms with van der Waals surface area (Å²) in [5, 5.41) is 0.702. The lowest BCUT2D eigenvalue weighted by molar-refractivity contribution is -0.113. The van der Waals surface area contributed by atoms with Crippen molar-refractivity contribution < 1.29 is 4.79 Å². The summed E-state index contributed by atoms with van der Waals surface area (Å²) in [6.07, 6.45) is 8.33. The fraction of sp³-hybridized carbons (Fsp3) is 0.812. The Morgan fingerprint density at radius 2 is 1.79 bits per heavy atom. The highest BCUT2D eigenvalue weighted by Crippen LogP contribution is 2.37. The predicted molar refractivity (Wildman–Crippen MR) is 92.8 cm³/mol. The molecular weight excluding hydrogens is 316 g/mol. The summed E-state index contributed by atoms with van der Waals surface area (Å²) < 4.78 is 0. The molecule has 112 valence electrons. The maximum Gasteiger partial charge on any atom is 0.132 e. The van der Waals surface area contributed by atoms with Crippen molar-refractivity contribution in [1.82, 2.24) is 0 Å². The molecule has 0 aromatic rings.